The SMILES string of the molecule is Cc1ccc(C2CCCC(C(F)(F)F)N2)c(F)c1F. The lowest BCUT2D eigenvalue weighted by Crippen LogP contribution is -2.46. The molecule has 6 heteroatoms. The summed E-state index contributed by atoms with van der Waals surface area (Å²) in [6.07, 6.45) is -3.70. The van der Waals surface area contributed by atoms with Crippen molar-refractivity contribution >= 4 is 0 Å². The number of aryl methyl sites for hydroxylation is 1. The van der Waals surface area contributed by atoms with Crippen molar-refractivity contribution in [3.05, 3.63) is 34.9 Å². The van der Waals surface area contributed by atoms with E-state index < -0.39 is 29.9 Å². The molecule has 1 aliphatic heterocycles. The van der Waals surface area contributed by atoms with Gasteiger partial charge >= 0.3 is 6.18 Å². The van der Waals surface area contributed by atoms with Crippen molar-refractivity contribution < 1.29 is 22.0 Å². The van der Waals surface area contributed by atoms with Crippen LogP contribution in [0.2, 0.25) is 0 Å². The topological polar surface area (TPSA) is 12.0 Å². The first kappa shape index (κ1) is 14.2. The van der Waals surface area contributed by atoms with E-state index in [1.165, 1.54) is 19.1 Å². The fourth-order valence-corrected chi connectivity index (χ4v) is 2.37. The highest BCUT2D eigenvalue weighted by molar-refractivity contribution is 5.28. The zero-order valence-corrected chi connectivity index (χ0v) is 10.3. The van der Waals surface area contributed by atoms with E-state index in [-0.39, 0.29) is 17.5 Å². The Morgan fingerprint density at radius 1 is 1.11 bits per heavy atom. The van der Waals surface area contributed by atoms with Gasteiger partial charge in [-0.25, -0.2) is 8.78 Å². The van der Waals surface area contributed by atoms with Crippen LogP contribution in [0.15, 0.2) is 12.1 Å². The summed E-state index contributed by atoms with van der Waals surface area (Å²) >= 11 is 0. The smallest absolute Gasteiger partial charge is 0.299 e. The van der Waals surface area contributed by atoms with Crippen molar-refractivity contribution in [2.45, 2.75) is 44.4 Å². The molecule has 0 radical (unpaired) electrons. The Balaban J connectivity index is 2.25. The van der Waals surface area contributed by atoms with Crippen molar-refractivity contribution in [1.29, 1.82) is 0 Å². The molecule has 1 nitrogen and oxygen atoms in total. The van der Waals surface area contributed by atoms with Gasteiger partial charge < -0.3 is 0 Å². The molecule has 0 bridgehead atoms. The minimum atomic E-state index is -4.36. The number of hydrogen-bond acceptors (Lipinski definition) is 1. The molecule has 1 heterocycles. The van der Waals surface area contributed by atoms with Gasteiger partial charge in [0.05, 0.1) is 0 Å². The van der Waals surface area contributed by atoms with Crippen LogP contribution in [0.25, 0.3) is 0 Å². The van der Waals surface area contributed by atoms with E-state index in [1.54, 1.807) is 0 Å². The number of rotatable bonds is 1. The quantitative estimate of drug-likeness (QED) is 0.766. The number of nitrogens with one attached hydrogen (secondary N) is 1. The van der Waals surface area contributed by atoms with E-state index in [4.69, 9.17) is 0 Å². The summed E-state index contributed by atoms with van der Waals surface area (Å²) in [6, 6.07) is 0.280. The zero-order chi connectivity index (χ0) is 14.2. The summed E-state index contributed by atoms with van der Waals surface area (Å²) in [5.41, 5.74) is 0.112. The standard InChI is InChI=1S/C13H14F5N/c1-7-5-6-8(12(15)11(7)14)9-3-2-4-10(19-9)13(16,17)18/h5-6,9-10,19H,2-4H2,1H3. The maximum Gasteiger partial charge on any atom is 0.403 e. The van der Waals surface area contributed by atoms with E-state index in [0.717, 1.165) is 0 Å². The van der Waals surface area contributed by atoms with Gasteiger partial charge in [0.1, 0.15) is 6.04 Å². The van der Waals surface area contributed by atoms with Crippen molar-refractivity contribution in [2.24, 2.45) is 0 Å². The number of benzene rings is 1. The molecule has 1 aromatic rings. The predicted molar refractivity (Wildman–Crippen MR) is 60.7 cm³/mol. The van der Waals surface area contributed by atoms with Crippen LogP contribution in [0.5, 0.6) is 0 Å². The molecule has 2 atom stereocenters. The Labute approximate surface area is 107 Å². The van der Waals surface area contributed by atoms with Crippen LogP contribution in [0.4, 0.5) is 22.0 Å². The first-order chi connectivity index (χ1) is 8.80. The summed E-state index contributed by atoms with van der Waals surface area (Å²) in [5, 5.41) is 2.37. The van der Waals surface area contributed by atoms with Crippen LogP contribution in [-0.2, 0) is 0 Å². The van der Waals surface area contributed by atoms with E-state index in [0.29, 0.717) is 12.8 Å². The summed E-state index contributed by atoms with van der Waals surface area (Å²) in [4.78, 5) is 0. The Kier molecular flexibility index (Phi) is 3.80. The average Bonchev–Trinajstić information content (AvgIpc) is 2.35. The lowest BCUT2D eigenvalue weighted by atomic mass is 9.92. The number of hydrogen-bond donors (Lipinski definition) is 1. The summed E-state index contributed by atoms with van der Waals surface area (Å²) in [5.74, 6) is -2.05. The number of alkyl halides is 3. The van der Waals surface area contributed by atoms with Gasteiger partial charge in [-0.05, 0) is 31.7 Å². The van der Waals surface area contributed by atoms with Gasteiger partial charge in [-0.15, -0.1) is 0 Å². The maximum absolute atomic E-state index is 13.8. The average molecular weight is 279 g/mol. The summed E-state index contributed by atoms with van der Waals surface area (Å²) in [7, 11) is 0. The first-order valence-electron chi connectivity index (χ1n) is 6.08. The van der Waals surface area contributed by atoms with Crippen LogP contribution >= 0.6 is 0 Å². The van der Waals surface area contributed by atoms with Crippen LogP contribution in [0, 0.1) is 18.6 Å². The highest BCUT2D eigenvalue weighted by Crippen LogP contribution is 2.34. The molecular formula is C13H14F5N. The molecule has 1 N–H and O–H groups in total. The third-order valence-corrected chi connectivity index (χ3v) is 3.46. The Hall–Kier alpha value is -1.17. The van der Waals surface area contributed by atoms with Gasteiger partial charge in [0.2, 0.25) is 0 Å². The molecule has 1 fully saturated rings. The van der Waals surface area contributed by atoms with Crippen LogP contribution in [0.3, 0.4) is 0 Å². The van der Waals surface area contributed by atoms with Crippen molar-refractivity contribution in [3.63, 3.8) is 0 Å². The molecule has 19 heavy (non-hydrogen) atoms. The highest BCUT2D eigenvalue weighted by atomic mass is 19.4. The molecule has 0 amide bonds. The maximum atomic E-state index is 13.8. The molecule has 106 valence electrons. The molecule has 1 aliphatic rings. The van der Waals surface area contributed by atoms with Crippen molar-refractivity contribution in [2.75, 3.05) is 0 Å². The second-order valence-corrected chi connectivity index (χ2v) is 4.84. The predicted octanol–water partition coefficient (Wildman–Crippen LogP) is 4.02. The summed E-state index contributed by atoms with van der Waals surface area (Å²) in [6.45, 7) is 1.41. The molecule has 0 aromatic heterocycles. The van der Waals surface area contributed by atoms with Gasteiger partial charge in [-0.3, -0.25) is 5.32 Å². The van der Waals surface area contributed by atoms with Gasteiger partial charge in [0.15, 0.2) is 11.6 Å². The highest BCUT2D eigenvalue weighted by Gasteiger charge is 2.42. The van der Waals surface area contributed by atoms with Crippen molar-refractivity contribution in [3.8, 4) is 0 Å². The van der Waals surface area contributed by atoms with E-state index in [9.17, 15) is 22.0 Å². The first-order valence-corrected chi connectivity index (χ1v) is 6.08. The molecule has 1 saturated heterocycles. The van der Waals surface area contributed by atoms with E-state index in [2.05, 4.69) is 5.32 Å². The molecular weight excluding hydrogens is 265 g/mol. The minimum Gasteiger partial charge on any atom is -0.299 e. The molecule has 2 unspecified atom stereocenters. The van der Waals surface area contributed by atoms with Gasteiger partial charge in [-0.1, -0.05) is 12.1 Å². The number of halogens is 5. The van der Waals surface area contributed by atoms with Gasteiger partial charge in [0.25, 0.3) is 0 Å². The minimum absolute atomic E-state index is 0.0305. The fourth-order valence-electron chi connectivity index (χ4n) is 2.37. The Morgan fingerprint density at radius 2 is 1.79 bits per heavy atom. The normalized spacial score (nSPS) is 24.5. The van der Waals surface area contributed by atoms with Crippen molar-refractivity contribution in [1.82, 2.24) is 5.32 Å². The monoisotopic (exact) mass is 279 g/mol. The van der Waals surface area contributed by atoms with Gasteiger partial charge in [0, 0.05) is 11.6 Å². The molecule has 0 saturated carbocycles. The zero-order valence-electron chi connectivity index (χ0n) is 10.3. The Bertz CT molecular complexity index is 469. The summed E-state index contributed by atoms with van der Waals surface area (Å²) < 4.78 is 65.2. The molecule has 0 spiro atoms. The second kappa shape index (κ2) is 5.07. The third-order valence-electron chi connectivity index (χ3n) is 3.46. The van der Waals surface area contributed by atoms with Crippen LogP contribution in [0.1, 0.15) is 36.4 Å². The lowest BCUT2D eigenvalue weighted by molar-refractivity contribution is -0.163. The largest absolute Gasteiger partial charge is 0.403 e. The van der Waals surface area contributed by atoms with Crippen LogP contribution < -0.4 is 5.32 Å². The van der Waals surface area contributed by atoms with E-state index in [1.807, 2.05) is 0 Å². The van der Waals surface area contributed by atoms with Crippen LogP contribution in [-0.4, -0.2) is 12.2 Å². The molecule has 0 aliphatic carbocycles. The molecule has 2 rings (SSSR count). The van der Waals surface area contributed by atoms with E-state index >= 15 is 0 Å². The third kappa shape index (κ3) is 2.88. The fraction of sp³-hybridized carbons (Fsp3) is 0.538. The number of piperidine rings is 1. The Morgan fingerprint density at radius 3 is 2.42 bits per heavy atom. The van der Waals surface area contributed by atoms with Gasteiger partial charge in [-0.2, -0.15) is 13.2 Å². The second-order valence-electron chi connectivity index (χ2n) is 4.84. The lowest BCUT2D eigenvalue weighted by Gasteiger charge is -2.32. The molecule has 1 aromatic carbocycles.